The third-order valence-corrected chi connectivity index (χ3v) is 1.74. The Hall–Kier alpha value is -1.80. The quantitative estimate of drug-likeness (QED) is 0.619. The van der Waals surface area contributed by atoms with Gasteiger partial charge in [-0.25, -0.2) is 0 Å². The summed E-state index contributed by atoms with van der Waals surface area (Å²) in [7, 11) is -4.46. The zero-order chi connectivity index (χ0) is 12.2. The summed E-state index contributed by atoms with van der Waals surface area (Å²) in [5.74, 6) is -0.215. The highest BCUT2D eigenvalue weighted by atomic mass is 32.2. The van der Waals surface area contributed by atoms with Crippen molar-refractivity contribution in [3.05, 3.63) is 24.3 Å². The van der Waals surface area contributed by atoms with E-state index in [1.807, 2.05) is 0 Å². The first-order valence-electron chi connectivity index (χ1n) is 4.15. The van der Waals surface area contributed by atoms with E-state index in [9.17, 15) is 13.2 Å². The van der Waals surface area contributed by atoms with Crippen LogP contribution >= 0.6 is 0 Å². The first-order chi connectivity index (χ1) is 7.37. The van der Waals surface area contributed by atoms with Crippen molar-refractivity contribution in [1.82, 2.24) is 0 Å². The van der Waals surface area contributed by atoms with E-state index in [1.54, 1.807) is 0 Å². The molecule has 0 radical (unpaired) electrons. The van der Waals surface area contributed by atoms with Gasteiger partial charge in [0, 0.05) is 12.6 Å². The first-order valence-corrected chi connectivity index (χ1v) is 5.54. The van der Waals surface area contributed by atoms with Crippen molar-refractivity contribution in [1.29, 1.82) is 0 Å². The molecule has 0 saturated carbocycles. The maximum Gasteiger partial charge on any atom is 0.396 e. The molecule has 0 unspecified atom stereocenters. The molecule has 1 amide bonds. The molecule has 0 aliphatic rings. The number of hydrogen-bond donors (Lipinski definition) is 2. The van der Waals surface area contributed by atoms with E-state index in [2.05, 4.69) is 15.0 Å². The van der Waals surface area contributed by atoms with Crippen LogP contribution in [0.1, 0.15) is 6.92 Å². The Balaban J connectivity index is 2.80. The van der Waals surface area contributed by atoms with Gasteiger partial charge < -0.3 is 5.32 Å². The normalized spacial score (nSPS) is 11.6. The van der Waals surface area contributed by atoms with Crippen molar-refractivity contribution in [2.75, 3.05) is 5.32 Å². The maximum atomic E-state index is 10.7. The smallest absolute Gasteiger partial charge is 0.326 e. The summed E-state index contributed by atoms with van der Waals surface area (Å²) in [5, 5.41) is 5.80. The van der Waals surface area contributed by atoms with Gasteiger partial charge >= 0.3 is 10.3 Å². The summed E-state index contributed by atoms with van der Waals surface area (Å²) in [6.45, 7) is 1.37. The zero-order valence-corrected chi connectivity index (χ0v) is 9.10. The fourth-order valence-corrected chi connectivity index (χ4v) is 1.11. The number of carbonyl (C=O) groups excluding carboxylic acids is 1. The maximum absolute atomic E-state index is 10.7. The molecule has 0 heterocycles. The Morgan fingerprint density at radius 1 is 1.31 bits per heavy atom. The fraction of sp³-hybridized carbons (Fsp3) is 0.125. The molecule has 0 spiro atoms. The van der Waals surface area contributed by atoms with Gasteiger partial charge in [0.2, 0.25) is 5.91 Å². The second kappa shape index (κ2) is 4.81. The second-order valence-corrected chi connectivity index (χ2v) is 3.92. The highest BCUT2D eigenvalue weighted by molar-refractivity contribution is 7.84. The molecular formula is C8H9N3O4S. The predicted octanol–water partition coefficient (Wildman–Crippen LogP) is 1.53. The number of rotatable bonds is 3. The van der Waals surface area contributed by atoms with E-state index in [1.165, 1.54) is 31.2 Å². The minimum absolute atomic E-state index is 0.215. The lowest BCUT2D eigenvalue weighted by Crippen LogP contribution is -2.04. The molecule has 1 aromatic rings. The molecule has 8 heteroatoms. The standard InChI is InChI=1S/C8H9N3O4S/c1-6(12)9-7-2-4-8(5-3-7)10-11-16(13,14)15/h2-5H,1H3,(H,9,12)(H,13,14,15). The van der Waals surface area contributed by atoms with Crippen LogP contribution in [0.2, 0.25) is 0 Å². The van der Waals surface area contributed by atoms with Gasteiger partial charge in [0.15, 0.2) is 0 Å². The molecule has 0 saturated heterocycles. The third kappa shape index (κ3) is 4.62. The van der Waals surface area contributed by atoms with E-state index < -0.39 is 10.3 Å². The van der Waals surface area contributed by atoms with Gasteiger partial charge in [0.05, 0.1) is 5.69 Å². The Kier molecular flexibility index (Phi) is 3.69. The number of nitrogens with one attached hydrogen (secondary N) is 1. The van der Waals surface area contributed by atoms with E-state index in [-0.39, 0.29) is 11.6 Å². The van der Waals surface area contributed by atoms with Crippen LogP contribution in [0.25, 0.3) is 0 Å². The summed E-state index contributed by atoms with van der Waals surface area (Å²) in [5.41, 5.74) is 0.796. The molecular weight excluding hydrogens is 234 g/mol. The van der Waals surface area contributed by atoms with Crippen molar-refractivity contribution in [3.8, 4) is 0 Å². The van der Waals surface area contributed by atoms with E-state index in [0.717, 1.165) is 0 Å². The third-order valence-electron chi connectivity index (χ3n) is 1.45. The molecule has 1 rings (SSSR count). The summed E-state index contributed by atoms with van der Waals surface area (Å²) in [4.78, 5) is 10.7. The van der Waals surface area contributed by atoms with Crippen molar-refractivity contribution in [3.63, 3.8) is 0 Å². The highest BCUT2D eigenvalue weighted by Gasteiger charge is 1.99. The summed E-state index contributed by atoms with van der Waals surface area (Å²) in [6, 6.07) is 5.94. The van der Waals surface area contributed by atoms with Gasteiger partial charge in [0.25, 0.3) is 0 Å². The molecule has 0 bridgehead atoms. The van der Waals surface area contributed by atoms with Gasteiger partial charge in [-0.3, -0.25) is 9.35 Å². The van der Waals surface area contributed by atoms with Crippen LogP contribution in [0.3, 0.4) is 0 Å². The van der Waals surface area contributed by atoms with Crippen LogP contribution in [0.4, 0.5) is 11.4 Å². The molecule has 0 aliphatic carbocycles. The fourth-order valence-electron chi connectivity index (χ4n) is 0.913. The topological polar surface area (TPSA) is 108 Å². The van der Waals surface area contributed by atoms with Crippen LogP contribution < -0.4 is 5.32 Å². The predicted molar refractivity (Wildman–Crippen MR) is 56.8 cm³/mol. The summed E-state index contributed by atoms with van der Waals surface area (Å²) >= 11 is 0. The van der Waals surface area contributed by atoms with Gasteiger partial charge in [0.1, 0.15) is 0 Å². The van der Waals surface area contributed by atoms with Crippen molar-refractivity contribution >= 4 is 27.6 Å². The molecule has 2 N–H and O–H groups in total. The summed E-state index contributed by atoms with van der Waals surface area (Å²) < 4.78 is 31.5. The number of nitrogens with zero attached hydrogens (tertiary/aromatic N) is 2. The van der Waals surface area contributed by atoms with Gasteiger partial charge in [-0.2, -0.15) is 8.42 Å². The monoisotopic (exact) mass is 243 g/mol. The van der Waals surface area contributed by atoms with E-state index in [0.29, 0.717) is 5.69 Å². The average molecular weight is 243 g/mol. The first kappa shape index (κ1) is 12.3. The minimum Gasteiger partial charge on any atom is -0.326 e. The van der Waals surface area contributed by atoms with Crippen molar-refractivity contribution in [2.24, 2.45) is 9.63 Å². The molecule has 0 atom stereocenters. The minimum atomic E-state index is -4.46. The van der Waals surface area contributed by atoms with Crippen LogP contribution in [0.5, 0.6) is 0 Å². The molecule has 16 heavy (non-hydrogen) atoms. The molecule has 0 aromatic heterocycles. The molecule has 7 nitrogen and oxygen atoms in total. The van der Waals surface area contributed by atoms with Crippen LogP contribution in [-0.2, 0) is 15.1 Å². The van der Waals surface area contributed by atoms with Gasteiger partial charge in [-0.1, -0.05) is 0 Å². The van der Waals surface area contributed by atoms with Crippen molar-refractivity contribution < 1.29 is 17.8 Å². The van der Waals surface area contributed by atoms with Crippen LogP contribution in [0.15, 0.2) is 33.9 Å². The van der Waals surface area contributed by atoms with E-state index >= 15 is 0 Å². The number of benzene rings is 1. The lowest BCUT2D eigenvalue weighted by molar-refractivity contribution is -0.114. The Morgan fingerprint density at radius 3 is 2.31 bits per heavy atom. The van der Waals surface area contributed by atoms with Gasteiger partial charge in [-0.05, 0) is 28.8 Å². The number of carbonyl (C=O) groups is 1. The van der Waals surface area contributed by atoms with Crippen molar-refractivity contribution in [2.45, 2.75) is 6.92 Å². The average Bonchev–Trinajstić information content (AvgIpc) is 2.14. The molecule has 0 fully saturated rings. The second-order valence-electron chi connectivity index (χ2n) is 2.86. The SMILES string of the molecule is CC(=O)Nc1ccc(N=NS(=O)(=O)O)cc1. The number of amides is 1. The highest BCUT2D eigenvalue weighted by Crippen LogP contribution is 2.16. The number of hydrogen-bond acceptors (Lipinski definition) is 4. The van der Waals surface area contributed by atoms with Crippen LogP contribution in [0, 0.1) is 0 Å². The lowest BCUT2D eigenvalue weighted by atomic mass is 10.3. The molecule has 0 aliphatic heterocycles. The zero-order valence-electron chi connectivity index (χ0n) is 8.28. The largest absolute Gasteiger partial charge is 0.396 e. The number of anilines is 1. The van der Waals surface area contributed by atoms with E-state index in [4.69, 9.17) is 4.55 Å². The van der Waals surface area contributed by atoms with Gasteiger partial charge in [-0.15, -0.1) is 5.11 Å². The molecule has 1 aromatic carbocycles. The Labute approximate surface area is 92.1 Å². The Morgan fingerprint density at radius 2 is 1.88 bits per heavy atom. The Bertz CT molecular complexity index is 507. The summed E-state index contributed by atoms with van der Waals surface area (Å²) in [6.07, 6.45) is 0. The lowest BCUT2D eigenvalue weighted by Gasteiger charge is -2.00. The molecule has 86 valence electrons. The van der Waals surface area contributed by atoms with Crippen LogP contribution in [-0.4, -0.2) is 18.9 Å².